The molecule has 0 aliphatic carbocycles. The van der Waals surface area contributed by atoms with Crippen LogP contribution in [-0.2, 0) is 0 Å². The van der Waals surface area contributed by atoms with Gasteiger partial charge in [-0.25, -0.2) is 0 Å². The second-order valence-corrected chi connectivity index (χ2v) is 6.50. The van der Waals surface area contributed by atoms with Crippen LogP contribution >= 0.6 is 0 Å². The Kier molecular flexibility index (Phi) is 5.86. The first-order valence-corrected chi connectivity index (χ1v) is 7.33. The summed E-state index contributed by atoms with van der Waals surface area (Å²) in [6.45, 7) is 11.9. The highest BCUT2D eigenvalue weighted by Gasteiger charge is 2.23. The highest BCUT2D eigenvalue weighted by Crippen LogP contribution is 2.34. The molecule has 2 N–H and O–H groups in total. The van der Waals surface area contributed by atoms with Crippen LogP contribution in [0.1, 0.15) is 59.1 Å². The molecule has 2 nitrogen and oxygen atoms in total. The Labute approximate surface area is 118 Å². The van der Waals surface area contributed by atoms with Gasteiger partial charge >= 0.3 is 0 Å². The Morgan fingerprint density at radius 2 is 1.84 bits per heavy atom. The Balaban J connectivity index is 2.78. The van der Waals surface area contributed by atoms with Crippen LogP contribution in [-0.4, -0.2) is 6.61 Å². The van der Waals surface area contributed by atoms with Gasteiger partial charge in [0.25, 0.3) is 0 Å². The second-order valence-electron chi connectivity index (χ2n) is 6.50. The maximum absolute atomic E-state index is 6.39. The summed E-state index contributed by atoms with van der Waals surface area (Å²) in [4.78, 5) is 0. The van der Waals surface area contributed by atoms with E-state index in [0.717, 1.165) is 30.8 Å². The fourth-order valence-corrected chi connectivity index (χ4v) is 1.99. The summed E-state index contributed by atoms with van der Waals surface area (Å²) in [5, 5.41) is 0. The highest BCUT2D eigenvalue weighted by atomic mass is 16.5. The van der Waals surface area contributed by atoms with Crippen molar-refractivity contribution in [1.82, 2.24) is 0 Å². The molecule has 19 heavy (non-hydrogen) atoms. The number of ether oxygens (including phenoxy) is 1. The average molecular weight is 263 g/mol. The fourth-order valence-electron chi connectivity index (χ4n) is 1.99. The molecule has 0 aliphatic heterocycles. The first kappa shape index (κ1) is 16.0. The first-order chi connectivity index (χ1) is 8.86. The minimum atomic E-state index is 0.0438. The lowest BCUT2D eigenvalue weighted by molar-refractivity contribution is 0.231. The van der Waals surface area contributed by atoms with Gasteiger partial charge in [-0.15, -0.1) is 0 Å². The van der Waals surface area contributed by atoms with Crippen molar-refractivity contribution in [2.75, 3.05) is 6.61 Å². The van der Waals surface area contributed by atoms with E-state index < -0.39 is 0 Å². The van der Waals surface area contributed by atoms with Crippen molar-refractivity contribution in [2.45, 2.75) is 53.5 Å². The molecule has 0 aromatic heterocycles. The number of benzene rings is 1. The van der Waals surface area contributed by atoms with Crippen molar-refractivity contribution >= 4 is 0 Å². The molecule has 0 spiro atoms. The lowest BCUT2D eigenvalue weighted by atomic mass is 9.77. The van der Waals surface area contributed by atoms with E-state index in [4.69, 9.17) is 10.5 Å². The normalized spacial score (nSPS) is 15.1. The van der Waals surface area contributed by atoms with E-state index in [0.29, 0.717) is 5.92 Å². The molecule has 0 heterocycles. The molecule has 0 amide bonds. The predicted octanol–water partition coefficient (Wildman–Crippen LogP) is 4.55. The van der Waals surface area contributed by atoms with Gasteiger partial charge in [0.15, 0.2) is 0 Å². The summed E-state index contributed by atoms with van der Waals surface area (Å²) in [7, 11) is 0. The summed E-state index contributed by atoms with van der Waals surface area (Å²) in [6.07, 6.45) is 2.00. The van der Waals surface area contributed by atoms with E-state index >= 15 is 0 Å². The molecule has 0 radical (unpaired) electrons. The van der Waals surface area contributed by atoms with Crippen LogP contribution < -0.4 is 10.5 Å². The standard InChI is InChI=1S/C17H29NO/c1-6-11-19-16-10-8-7-9-14(16)15(18)12-13(2)17(3,4)5/h7-10,13,15H,6,11-12,18H2,1-5H3. The maximum Gasteiger partial charge on any atom is 0.124 e. The SMILES string of the molecule is CCCOc1ccccc1C(N)CC(C)C(C)(C)C. The van der Waals surface area contributed by atoms with Crippen LogP contribution in [0.25, 0.3) is 0 Å². The molecule has 0 saturated carbocycles. The van der Waals surface area contributed by atoms with Crippen LogP contribution in [0.3, 0.4) is 0 Å². The number of hydrogen-bond donors (Lipinski definition) is 1. The average Bonchev–Trinajstić information content (AvgIpc) is 2.35. The molecule has 1 aromatic carbocycles. The topological polar surface area (TPSA) is 35.2 Å². The summed E-state index contributed by atoms with van der Waals surface area (Å²) < 4.78 is 5.79. The van der Waals surface area contributed by atoms with Crippen molar-refractivity contribution in [3.63, 3.8) is 0 Å². The molecule has 0 fully saturated rings. The van der Waals surface area contributed by atoms with Crippen LogP contribution in [0, 0.1) is 11.3 Å². The van der Waals surface area contributed by atoms with Crippen LogP contribution in [0.15, 0.2) is 24.3 Å². The Morgan fingerprint density at radius 1 is 1.21 bits per heavy atom. The van der Waals surface area contributed by atoms with E-state index in [1.165, 1.54) is 0 Å². The van der Waals surface area contributed by atoms with Gasteiger partial charge < -0.3 is 10.5 Å². The molecule has 0 saturated heterocycles. The van der Waals surface area contributed by atoms with Crippen LogP contribution in [0.4, 0.5) is 0 Å². The monoisotopic (exact) mass is 263 g/mol. The van der Waals surface area contributed by atoms with E-state index in [-0.39, 0.29) is 11.5 Å². The molecule has 2 unspecified atom stereocenters. The van der Waals surface area contributed by atoms with Gasteiger partial charge in [-0.1, -0.05) is 52.8 Å². The molecule has 2 heteroatoms. The first-order valence-electron chi connectivity index (χ1n) is 7.33. The fraction of sp³-hybridized carbons (Fsp3) is 0.647. The van der Waals surface area contributed by atoms with E-state index in [1.807, 2.05) is 18.2 Å². The van der Waals surface area contributed by atoms with Gasteiger partial charge in [0.2, 0.25) is 0 Å². The zero-order chi connectivity index (χ0) is 14.5. The Bertz CT molecular complexity index is 381. The van der Waals surface area contributed by atoms with Crippen LogP contribution in [0.2, 0.25) is 0 Å². The molecular formula is C17H29NO. The van der Waals surface area contributed by atoms with Crippen molar-refractivity contribution in [2.24, 2.45) is 17.1 Å². The largest absolute Gasteiger partial charge is 0.493 e. The third-order valence-corrected chi connectivity index (χ3v) is 3.87. The quantitative estimate of drug-likeness (QED) is 0.817. The summed E-state index contributed by atoms with van der Waals surface area (Å²) >= 11 is 0. The minimum absolute atomic E-state index is 0.0438. The number of nitrogens with two attached hydrogens (primary N) is 1. The zero-order valence-corrected chi connectivity index (χ0v) is 13.1. The van der Waals surface area contributed by atoms with E-state index in [9.17, 15) is 0 Å². The molecule has 108 valence electrons. The maximum atomic E-state index is 6.39. The van der Waals surface area contributed by atoms with Crippen LogP contribution in [0.5, 0.6) is 5.75 Å². The van der Waals surface area contributed by atoms with Gasteiger partial charge in [-0.3, -0.25) is 0 Å². The molecule has 1 rings (SSSR count). The van der Waals surface area contributed by atoms with Gasteiger partial charge in [-0.2, -0.15) is 0 Å². The number of hydrogen-bond acceptors (Lipinski definition) is 2. The summed E-state index contributed by atoms with van der Waals surface area (Å²) in [5.41, 5.74) is 7.81. The van der Waals surface area contributed by atoms with E-state index in [2.05, 4.69) is 40.7 Å². The van der Waals surface area contributed by atoms with Gasteiger partial charge in [0, 0.05) is 11.6 Å². The predicted molar refractivity (Wildman–Crippen MR) is 82.4 cm³/mol. The van der Waals surface area contributed by atoms with Gasteiger partial charge in [-0.05, 0) is 30.2 Å². The van der Waals surface area contributed by atoms with Gasteiger partial charge in [0.1, 0.15) is 5.75 Å². The van der Waals surface area contributed by atoms with Crippen molar-refractivity contribution in [3.8, 4) is 5.75 Å². The van der Waals surface area contributed by atoms with E-state index in [1.54, 1.807) is 0 Å². The second kappa shape index (κ2) is 6.95. The summed E-state index contributed by atoms with van der Waals surface area (Å²) in [6, 6.07) is 8.20. The summed E-state index contributed by atoms with van der Waals surface area (Å²) in [5.74, 6) is 1.51. The lowest BCUT2D eigenvalue weighted by Gasteiger charge is -2.30. The molecular weight excluding hydrogens is 234 g/mol. The lowest BCUT2D eigenvalue weighted by Crippen LogP contribution is -2.23. The molecule has 2 atom stereocenters. The Morgan fingerprint density at radius 3 is 2.42 bits per heavy atom. The smallest absolute Gasteiger partial charge is 0.124 e. The highest BCUT2D eigenvalue weighted by molar-refractivity contribution is 5.35. The molecule has 0 bridgehead atoms. The third kappa shape index (κ3) is 4.87. The third-order valence-electron chi connectivity index (χ3n) is 3.87. The number of rotatable bonds is 6. The zero-order valence-electron chi connectivity index (χ0n) is 13.1. The molecule has 0 aliphatic rings. The van der Waals surface area contributed by atoms with Crippen molar-refractivity contribution in [1.29, 1.82) is 0 Å². The van der Waals surface area contributed by atoms with Gasteiger partial charge in [0.05, 0.1) is 6.61 Å². The minimum Gasteiger partial charge on any atom is -0.493 e. The molecule has 1 aromatic rings. The Hall–Kier alpha value is -1.02. The van der Waals surface area contributed by atoms with Crippen molar-refractivity contribution < 1.29 is 4.74 Å². The van der Waals surface area contributed by atoms with Crippen molar-refractivity contribution in [3.05, 3.63) is 29.8 Å². The number of para-hydroxylation sites is 1.